The van der Waals surface area contributed by atoms with E-state index < -0.39 is 0 Å². The summed E-state index contributed by atoms with van der Waals surface area (Å²) in [6, 6.07) is 7.38. The molecule has 0 aliphatic carbocycles. The number of nitrogens with one attached hydrogen (secondary N) is 1. The number of hydrogen-bond acceptors (Lipinski definition) is 5. The van der Waals surface area contributed by atoms with Crippen molar-refractivity contribution in [1.82, 2.24) is 19.6 Å². The minimum Gasteiger partial charge on any atom is -0.319 e. The van der Waals surface area contributed by atoms with Gasteiger partial charge in [0.15, 0.2) is 0 Å². The smallest absolute Gasteiger partial charge is 0.276 e. The van der Waals surface area contributed by atoms with Gasteiger partial charge in [0.25, 0.3) is 5.91 Å². The number of aromatic nitrogens is 2. The standard InChI is InChI=1S/C19H24N6O2/c1-3-23-8-10-24(11-9-23)13-17(26)25-15-7-5-4-6-14(15)21-19(27)18-16(25)12-20-22(18)2/h4-7,12H,3,8-11,13H2,1-2H3,(H,21,27). The Bertz CT molecular complexity index is 869. The number of fused-ring (bicyclic) bond motifs is 2. The second-order valence-electron chi connectivity index (χ2n) is 6.91. The Kier molecular flexibility index (Phi) is 4.67. The number of amides is 2. The summed E-state index contributed by atoms with van der Waals surface area (Å²) in [7, 11) is 1.71. The minimum absolute atomic E-state index is 0.0573. The zero-order valence-electron chi connectivity index (χ0n) is 15.7. The number of piperazine rings is 1. The van der Waals surface area contributed by atoms with Gasteiger partial charge in [0.1, 0.15) is 11.4 Å². The topological polar surface area (TPSA) is 73.7 Å². The van der Waals surface area contributed by atoms with Gasteiger partial charge >= 0.3 is 0 Å². The van der Waals surface area contributed by atoms with Crippen molar-refractivity contribution in [3.8, 4) is 0 Å². The average molecular weight is 368 g/mol. The molecule has 3 heterocycles. The average Bonchev–Trinajstić information content (AvgIpc) is 2.99. The lowest BCUT2D eigenvalue weighted by molar-refractivity contribution is -0.119. The number of aryl methyl sites for hydroxylation is 1. The van der Waals surface area contributed by atoms with Gasteiger partial charge in [0.05, 0.1) is 24.1 Å². The van der Waals surface area contributed by atoms with Crippen molar-refractivity contribution >= 4 is 28.9 Å². The molecule has 1 saturated heterocycles. The summed E-state index contributed by atoms with van der Waals surface area (Å²) in [6.07, 6.45) is 1.59. The van der Waals surface area contributed by atoms with Crippen molar-refractivity contribution in [1.29, 1.82) is 0 Å². The van der Waals surface area contributed by atoms with E-state index >= 15 is 0 Å². The fraction of sp³-hybridized carbons (Fsp3) is 0.421. The zero-order chi connectivity index (χ0) is 19.0. The third-order valence-electron chi connectivity index (χ3n) is 5.29. The van der Waals surface area contributed by atoms with Crippen LogP contribution in [0.1, 0.15) is 17.4 Å². The normalized spacial score (nSPS) is 17.9. The second-order valence-corrected chi connectivity index (χ2v) is 6.91. The van der Waals surface area contributed by atoms with E-state index in [9.17, 15) is 9.59 Å². The van der Waals surface area contributed by atoms with Crippen LogP contribution in [-0.2, 0) is 11.8 Å². The fourth-order valence-corrected chi connectivity index (χ4v) is 3.73. The molecule has 1 N–H and O–H groups in total. The quantitative estimate of drug-likeness (QED) is 0.884. The first-order valence-electron chi connectivity index (χ1n) is 9.28. The first-order valence-corrected chi connectivity index (χ1v) is 9.28. The van der Waals surface area contributed by atoms with Gasteiger partial charge in [-0.2, -0.15) is 5.10 Å². The summed E-state index contributed by atoms with van der Waals surface area (Å²) in [5, 5.41) is 7.10. The van der Waals surface area contributed by atoms with Crippen LogP contribution in [0, 0.1) is 0 Å². The van der Waals surface area contributed by atoms with Crippen molar-refractivity contribution in [2.45, 2.75) is 6.92 Å². The highest BCUT2D eigenvalue weighted by Crippen LogP contribution is 2.37. The van der Waals surface area contributed by atoms with Crippen molar-refractivity contribution in [2.24, 2.45) is 7.05 Å². The lowest BCUT2D eigenvalue weighted by Gasteiger charge is -2.34. The second kappa shape index (κ2) is 7.13. The summed E-state index contributed by atoms with van der Waals surface area (Å²) in [5.74, 6) is -0.317. The number of carbonyl (C=O) groups excluding carboxylic acids is 2. The summed E-state index contributed by atoms with van der Waals surface area (Å²) in [6.45, 7) is 7.18. The lowest BCUT2D eigenvalue weighted by Crippen LogP contribution is -2.49. The molecular weight excluding hydrogens is 344 g/mol. The van der Waals surface area contributed by atoms with E-state index in [1.807, 2.05) is 24.3 Å². The van der Waals surface area contributed by atoms with Gasteiger partial charge in [0.2, 0.25) is 5.91 Å². The molecule has 0 saturated carbocycles. The minimum atomic E-state index is -0.260. The Morgan fingerprint density at radius 3 is 2.56 bits per heavy atom. The largest absolute Gasteiger partial charge is 0.319 e. The van der Waals surface area contributed by atoms with Crippen molar-refractivity contribution in [2.75, 3.05) is 49.5 Å². The molecule has 4 rings (SSSR count). The molecule has 0 unspecified atom stereocenters. The number of likely N-dealkylation sites (N-methyl/N-ethyl adjacent to an activating group) is 1. The molecule has 2 aromatic rings. The first-order chi connectivity index (χ1) is 13.1. The summed E-state index contributed by atoms with van der Waals surface area (Å²) >= 11 is 0. The van der Waals surface area contributed by atoms with Gasteiger partial charge in [-0.3, -0.25) is 24.1 Å². The number of hydrogen-bond donors (Lipinski definition) is 1. The molecule has 27 heavy (non-hydrogen) atoms. The predicted octanol–water partition coefficient (Wildman–Crippen LogP) is 1.29. The van der Waals surface area contributed by atoms with Crippen LogP contribution in [0.3, 0.4) is 0 Å². The van der Waals surface area contributed by atoms with E-state index in [4.69, 9.17) is 0 Å². The summed E-state index contributed by atoms with van der Waals surface area (Å²) in [4.78, 5) is 32.1. The zero-order valence-corrected chi connectivity index (χ0v) is 15.7. The van der Waals surface area contributed by atoms with Crippen LogP contribution in [0.4, 0.5) is 17.1 Å². The maximum atomic E-state index is 13.3. The van der Waals surface area contributed by atoms with Gasteiger partial charge in [-0.1, -0.05) is 19.1 Å². The maximum Gasteiger partial charge on any atom is 0.276 e. The highest BCUT2D eigenvalue weighted by Gasteiger charge is 2.33. The number of nitrogens with zero attached hydrogens (tertiary/aromatic N) is 5. The molecule has 8 heteroatoms. The summed E-state index contributed by atoms with van der Waals surface area (Å²) in [5.41, 5.74) is 2.21. The van der Waals surface area contributed by atoms with Crippen LogP contribution in [0.25, 0.3) is 0 Å². The third-order valence-corrected chi connectivity index (χ3v) is 5.29. The number of para-hydroxylation sites is 2. The molecule has 0 bridgehead atoms. The Morgan fingerprint density at radius 2 is 1.81 bits per heavy atom. The molecule has 0 atom stereocenters. The molecule has 8 nitrogen and oxygen atoms in total. The van der Waals surface area contributed by atoms with Crippen LogP contribution in [0.15, 0.2) is 30.5 Å². The van der Waals surface area contributed by atoms with E-state index in [1.54, 1.807) is 18.1 Å². The number of benzene rings is 1. The molecule has 0 radical (unpaired) electrons. The van der Waals surface area contributed by atoms with Crippen LogP contribution >= 0.6 is 0 Å². The summed E-state index contributed by atoms with van der Waals surface area (Å²) < 4.78 is 1.51. The van der Waals surface area contributed by atoms with E-state index in [1.165, 1.54) is 4.68 Å². The molecular formula is C19H24N6O2. The molecule has 2 amide bonds. The Morgan fingerprint density at radius 1 is 1.11 bits per heavy atom. The monoisotopic (exact) mass is 368 g/mol. The van der Waals surface area contributed by atoms with Crippen molar-refractivity contribution in [3.63, 3.8) is 0 Å². The molecule has 1 fully saturated rings. The van der Waals surface area contributed by atoms with E-state index in [-0.39, 0.29) is 11.8 Å². The van der Waals surface area contributed by atoms with Crippen LogP contribution in [0.5, 0.6) is 0 Å². The molecule has 142 valence electrons. The first kappa shape index (κ1) is 17.7. The Labute approximate surface area is 158 Å². The molecule has 1 aromatic carbocycles. The van der Waals surface area contributed by atoms with Crippen LogP contribution < -0.4 is 10.2 Å². The van der Waals surface area contributed by atoms with Crippen LogP contribution in [-0.4, -0.2) is 70.7 Å². The van der Waals surface area contributed by atoms with Crippen molar-refractivity contribution < 1.29 is 9.59 Å². The van der Waals surface area contributed by atoms with Gasteiger partial charge in [0, 0.05) is 33.2 Å². The van der Waals surface area contributed by atoms with Crippen LogP contribution in [0.2, 0.25) is 0 Å². The Hall–Kier alpha value is -2.71. The highest BCUT2D eigenvalue weighted by atomic mass is 16.2. The van der Waals surface area contributed by atoms with E-state index in [0.29, 0.717) is 29.3 Å². The fourth-order valence-electron chi connectivity index (χ4n) is 3.73. The molecule has 1 aromatic heterocycles. The van der Waals surface area contributed by atoms with Gasteiger partial charge in [-0.05, 0) is 18.7 Å². The number of anilines is 3. The number of rotatable bonds is 3. The molecule has 2 aliphatic heterocycles. The third kappa shape index (κ3) is 3.22. The Balaban J connectivity index is 1.66. The lowest BCUT2D eigenvalue weighted by atomic mass is 10.2. The highest BCUT2D eigenvalue weighted by molar-refractivity contribution is 6.17. The number of carbonyl (C=O) groups is 2. The molecule has 0 spiro atoms. The van der Waals surface area contributed by atoms with E-state index in [0.717, 1.165) is 32.7 Å². The van der Waals surface area contributed by atoms with Crippen molar-refractivity contribution in [3.05, 3.63) is 36.2 Å². The van der Waals surface area contributed by atoms with Gasteiger partial charge in [-0.25, -0.2) is 0 Å². The van der Waals surface area contributed by atoms with Gasteiger partial charge < -0.3 is 10.2 Å². The SMILES string of the molecule is CCN1CCN(CC(=O)N2c3ccccc3NC(=O)c3c2cnn3C)CC1. The molecule has 2 aliphatic rings. The predicted molar refractivity (Wildman–Crippen MR) is 103 cm³/mol. The van der Waals surface area contributed by atoms with E-state index in [2.05, 4.69) is 27.1 Å². The van der Waals surface area contributed by atoms with Gasteiger partial charge in [-0.15, -0.1) is 0 Å². The maximum absolute atomic E-state index is 13.3.